The second-order valence-electron chi connectivity index (χ2n) is 20.6. The predicted molar refractivity (Wildman–Crippen MR) is 322 cm³/mol. The van der Waals surface area contributed by atoms with Crippen molar-refractivity contribution in [3.8, 4) is 112 Å². The van der Waals surface area contributed by atoms with Crippen LogP contribution in [0.5, 0.6) is 0 Å². The Kier molecular flexibility index (Phi) is 11.6. The molecule has 3 aliphatic rings. The van der Waals surface area contributed by atoms with Gasteiger partial charge in [-0.1, -0.05) is 194 Å². The van der Waals surface area contributed by atoms with Gasteiger partial charge in [0.2, 0.25) is 0 Å². The molecule has 0 amide bonds. The monoisotopic (exact) mass is 1020 g/mol. The lowest BCUT2D eigenvalue weighted by Gasteiger charge is -2.42. The lowest BCUT2D eigenvalue weighted by molar-refractivity contribution is 0.755. The normalized spacial score (nSPS) is 13.8. The number of pyridine rings is 2. The van der Waals surface area contributed by atoms with Gasteiger partial charge >= 0.3 is 0 Å². The summed E-state index contributed by atoms with van der Waals surface area (Å²) in [5.41, 5.74) is 26.7. The summed E-state index contributed by atoms with van der Waals surface area (Å²) in [6.45, 7) is 0. The fourth-order valence-electron chi connectivity index (χ4n) is 12.2. The van der Waals surface area contributed by atoms with Crippen molar-refractivity contribution in [1.29, 1.82) is 0 Å². The first kappa shape index (κ1) is 46.7. The molecular formula is C74H48N6. The topological polar surface area (TPSA) is 77.3 Å². The van der Waals surface area contributed by atoms with E-state index in [1.165, 1.54) is 44.5 Å². The Bertz CT molecular complexity index is 4200. The summed E-state index contributed by atoms with van der Waals surface area (Å²) in [5.74, 6) is 1.55. The minimum atomic E-state index is 0.0916. The van der Waals surface area contributed by atoms with E-state index in [0.717, 1.165) is 89.5 Å². The van der Waals surface area contributed by atoms with E-state index in [9.17, 15) is 0 Å². The van der Waals surface area contributed by atoms with Crippen molar-refractivity contribution in [2.24, 2.45) is 0 Å². The maximum atomic E-state index is 5.25. The van der Waals surface area contributed by atoms with Crippen molar-refractivity contribution in [3.05, 3.63) is 313 Å². The number of hydrogen-bond donors (Lipinski definition) is 0. The van der Waals surface area contributed by atoms with Crippen LogP contribution in [0.2, 0.25) is 0 Å². The molecule has 374 valence electrons. The van der Waals surface area contributed by atoms with E-state index in [4.69, 9.17) is 19.9 Å². The smallest absolute Gasteiger partial charge is 0.160 e. The number of rotatable bonds is 10. The quantitative estimate of drug-likeness (QED) is 0.136. The molecule has 6 nitrogen and oxygen atoms in total. The fourth-order valence-corrected chi connectivity index (χ4v) is 12.2. The van der Waals surface area contributed by atoms with E-state index in [1.807, 2.05) is 85.5 Å². The van der Waals surface area contributed by atoms with Crippen LogP contribution in [-0.4, -0.2) is 29.9 Å². The molecule has 0 N–H and O–H groups in total. The van der Waals surface area contributed by atoms with Crippen molar-refractivity contribution in [1.82, 2.24) is 29.9 Å². The van der Waals surface area contributed by atoms with Gasteiger partial charge in [-0.3, -0.25) is 9.97 Å². The predicted octanol–water partition coefficient (Wildman–Crippen LogP) is 17.7. The summed E-state index contributed by atoms with van der Waals surface area (Å²) in [5, 5.41) is 0. The summed E-state index contributed by atoms with van der Waals surface area (Å²) in [6.07, 6.45) is 7.35. The number of aromatic nitrogens is 6. The second kappa shape index (κ2) is 19.8. The van der Waals surface area contributed by atoms with E-state index < -0.39 is 0 Å². The fraction of sp³-hybridized carbons (Fsp3) is 0.0270. The molecule has 2 unspecified atom stereocenters. The molecule has 0 saturated carbocycles. The van der Waals surface area contributed by atoms with Crippen LogP contribution in [0, 0.1) is 0 Å². The van der Waals surface area contributed by atoms with Crippen LogP contribution >= 0.6 is 0 Å². The minimum Gasteiger partial charge on any atom is -0.265 e. The van der Waals surface area contributed by atoms with Gasteiger partial charge in [0, 0.05) is 70.0 Å². The SMILES string of the molecule is c1ccc(-c2nc(-c3cccc(-c4ccc5c(c4)C4c6ccccc6C5c5cc(-c6cccc(-c7cc(-c8ccccc8-c8ccncc8)nc(-c8ccccc8)n7)c6)ccc54)c3)cc(-c3ccccc3-c3ccncc3)n2)cc1. The summed E-state index contributed by atoms with van der Waals surface area (Å²) in [7, 11) is 0. The minimum absolute atomic E-state index is 0.0916. The Balaban J connectivity index is 0.790. The largest absolute Gasteiger partial charge is 0.265 e. The molecule has 2 bridgehead atoms. The molecule has 13 aromatic rings. The van der Waals surface area contributed by atoms with E-state index in [1.54, 1.807) is 0 Å². The molecule has 0 saturated heterocycles. The highest BCUT2D eigenvalue weighted by atomic mass is 14.9. The molecule has 0 spiro atoms. The van der Waals surface area contributed by atoms with Crippen LogP contribution in [0.15, 0.2) is 280 Å². The maximum Gasteiger partial charge on any atom is 0.160 e. The van der Waals surface area contributed by atoms with Gasteiger partial charge in [0.05, 0.1) is 22.8 Å². The molecule has 0 fully saturated rings. The van der Waals surface area contributed by atoms with Gasteiger partial charge in [-0.25, -0.2) is 19.9 Å². The summed E-state index contributed by atoms with van der Waals surface area (Å²) >= 11 is 0. The highest BCUT2D eigenvalue weighted by molar-refractivity contribution is 5.87. The van der Waals surface area contributed by atoms with E-state index in [2.05, 4.69) is 204 Å². The molecule has 4 heterocycles. The molecule has 6 heteroatoms. The number of nitrogens with zero attached hydrogens (tertiary/aromatic N) is 6. The van der Waals surface area contributed by atoms with Gasteiger partial charge < -0.3 is 0 Å². The van der Waals surface area contributed by atoms with Gasteiger partial charge in [0.15, 0.2) is 11.6 Å². The van der Waals surface area contributed by atoms with Crippen molar-refractivity contribution in [2.45, 2.75) is 11.8 Å². The number of benzene rings is 9. The Morgan fingerprint density at radius 1 is 0.200 bits per heavy atom. The average molecular weight is 1020 g/mol. The highest BCUT2D eigenvalue weighted by Gasteiger charge is 2.41. The molecular weight excluding hydrogens is 973 g/mol. The second-order valence-corrected chi connectivity index (χ2v) is 20.6. The van der Waals surface area contributed by atoms with Crippen molar-refractivity contribution < 1.29 is 0 Å². The van der Waals surface area contributed by atoms with Crippen molar-refractivity contribution >= 4 is 0 Å². The molecule has 16 rings (SSSR count). The molecule has 0 aliphatic heterocycles. The third-order valence-electron chi connectivity index (χ3n) is 15.9. The van der Waals surface area contributed by atoms with Gasteiger partial charge in [-0.2, -0.15) is 0 Å². The van der Waals surface area contributed by atoms with E-state index in [0.29, 0.717) is 11.6 Å². The Hall–Kier alpha value is -10.6. The molecule has 80 heavy (non-hydrogen) atoms. The standard InChI is InChI=1S/C74H48N6/c1-3-15-49(16-4-1)73-77-67(45-69(79-73)59-25-9-7-23-57(59)47-33-37-75-38-34-47)55-21-13-19-51(41-55)53-29-31-63-65(43-53)71-61-27-11-12-28-62(61)72(63)66-44-54(30-32-64(66)71)52-20-14-22-56(42-52)68-46-70(80-74(78-68)50-17-5-2-6-18-50)60-26-10-8-24-58(60)48-35-39-76-40-36-48/h1-46,71-72H. The number of hydrogen-bond acceptors (Lipinski definition) is 6. The third kappa shape index (κ3) is 8.38. The zero-order valence-corrected chi connectivity index (χ0v) is 43.4. The Morgan fingerprint density at radius 3 is 0.975 bits per heavy atom. The van der Waals surface area contributed by atoms with Crippen molar-refractivity contribution in [3.63, 3.8) is 0 Å². The lowest BCUT2D eigenvalue weighted by Crippen LogP contribution is -2.27. The molecule has 2 atom stereocenters. The van der Waals surface area contributed by atoms with Crippen LogP contribution in [0.1, 0.15) is 45.2 Å². The van der Waals surface area contributed by atoms with Crippen LogP contribution in [0.3, 0.4) is 0 Å². The first-order valence-corrected chi connectivity index (χ1v) is 27.1. The molecule has 0 radical (unpaired) electrons. The first-order valence-electron chi connectivity index (χ1n) is 27.1. The van der Waals surface area contributed by atoms with Gasteiger partial charge in [-0.15, -0.1) is 0 Å². The summed E-state index contributed by atoms with van der Waals surface area (Å²) in [4.78, 5) is 29.5. The zero-order chi connectivity index (χ0) is 52.9. The Labute approximate surface area is 464 Å². The van der Waals surface area contributed by atoms with Gasteiger partial charge in [0.25, 0.3) is 0 Å². The summed E-state index contributed by atoms with van der Waals surface area (Å²) in [6, 6.07) is 90.9. The summed E-state index contributed by atoms with van der Waals surface area (Å²) < 4.78 is 0. The van der Waals surface area contributed by atoms with Crippen LogP contribution in [-0.2, 0) is 0 Å². The van der Waals surface area contributed by atoms with Crippen molar-refractivity contribution in [2.75, 3.05) is 0 Å². The highest BCUT2D eigenvalue weighted by Crippen LogP contribution is 2.57. The van der Waals surface area contributed by atoms with Crippen LogP contribution in [0.4, 0.5) is 0 Å². The Morgan fingerprint density at radius 2 is 0.537 bits per heavy atom. The zero-order valence-electron chi connectivity index (χ0n) is 43.4. The maximum absolute atomic E-state index is 5.25. The van der Waals surface area contributed by atoms with E-state index >= 15 is 0 Å². The lowest BCUT2D eigenvalue weighted by atomic mass is 9.60. The average Bonchev–Trinajstić information content (AvgIpc) is 3.69. The molecule has 4 aromatic heterocycles. The molecule has 3 aliphatic carbocycles. The van der Waals surface area contributed by atoms with Crippen LogP contribution in [0.25, 0.3) is 112 Å². The van der Waals surface area contributed by atoms with Crippen LogP contribution < -0.4 is 0 Å². The van der Waals surface area contributed by atoms with Gasteiger partial charge in [0.1, 0.15) is 0 Å². The van der Waals surface area contributed by atoms with Gasteiger partial charge in [-0.05, 0) is 139 Å². The first-order chi connectivity index (χ1) is 39.6. The molecule has 9 aromatic carbocycles. The van der Waals surface area contributed by atoms with E-state index in [-0.39, 0.29) is 11.8 Å². The third-order valence-corrected chi connectivity index (χ3v) is 15.9.